The average Bonchev–Trinajstić information content (AvgIpc) is 2.56. The lowest BCUT2D eigenvalue weighted by Crippen LogP contribution is -2.19. The van der Waals surface area contributed by atoms with Crippen LogP contribution in [0.1, 0.15) is 17.3 Å². The average molecular weight is 377 g/mol. The third-order valence-corrected chi connectivity index (χ3v) is 3.77. The molecule has 0 aliphatic rings. The lowest BCUT2D eigenvalue weighted by atomic mass is 10.1. The topological polar surface area (TPSA) is 105 Å². The van der Waals surface area contributed by atoms with Crippen molar-refractivity contribution in [2.24, 2.45) is 0 Å². The number of rotatable bonds is 5. The molecule has 136 valence electrons. The summed E-state index contributed by atoms with van der Waals surface area (Å²) < 4.78 is 0. The van der Waals surface area contributed by atoms with Gasteiger partial charge in [0.1, 0.15) is 0 Å². The van der Waals surface area contributed by atoms with Crippen LogP contribution >= 0.6 is 11.6 Å². The molecule has 0 aromatic heterocycles. The van der Waals surface area contributed by atoms with Crippen LogP contribution in [0.5, 0.6) is 0 Å². The number of nitro benzene ring substituents is 1. The fourth-order valence-corrected chi connectivity index (χ4v) is 2.52. The third kappa shape index (κ3) is 4.48. The maximum atomic E-state index is 12.6. The van der Waals surface area contributed by atoms with Crippen molar-refractivity contribution >= 4 is 46.2 Å². The Morgan fingerprint density at radius 2 is 1.81 bits per heavy atom. The Morgan fingerprint density at radius 1 is 1.12 bits per heavy atom. The molecule has 0 saturated heterocycles. The molecule has 0 radical (unpaired) electrons. The SMILES string of the molecule is CC(=O)Nc1ccc(NC(=O)c2cc([N+](=O)[O-])ccc2N(C)C)cc1Cl. The fourth-order valence-electron chi connectivity index (χ4n) is 2.29. The van der Waals surface area contributed by atoms with Crippen molar-refractivity contribution < 1.29 is 14.5 Å². The van der Waals surface area contributed by atoms with Crippen LogP contribution in [0.15, 0.2) is 36.4 Å². The number of benzene rings is 2. The van der Waals surface area contributed by atoms with Crippen molar-refractivity contribution in [3.8, 4) is 0 Å². The summed E-state index contributed by atoms with van der Waals surface area (Å²) in [4.78, 5) is 35.8. The Labute approximate surface area is 154 Å². The molecule has 0 aliphatic carbocycles. The van der Waals surface area contributed by atoms with E-state index in [9.17, 15) is 19.7 Å². The molecular weight excluding hydrogens is 360 g/mol. The summed E-state index contributed by atoms with van der Waals surface area (Å²) in [5, 5.41) is 16.5. The van der Waals surface area contributed by atoms with Crippen LogP contribution in [-0.2, 0) is 4.79 Å². The Balaban J connectivity index is 2.32. The number of non-ortho nitro benzene ring substituents is 1. The molecule has 0 fully saturated rings. The monoisotopic (exact) mass is 376 g/mol. The number of carbonyl (C=O) groups excluding carboxylic acids is 2. The van der Waals surface area contributed by atoms with Crippen LogP contribution in [0, 0.1) is 10.1 Å². The van der Waals surface area contributed by atoms with Gasteiger partial charge in [0.2, 0.25) is 5.91 Å². The Morgan fingerprint density at radius 3 is 2.35 bits per heavy atom. The molecule has 2 amide bonds. The van der Waals surface area contributed by atoms with Crippen molar-refractivity contribution in [1.29, 1.82) is 0 Å². The van der Waals surface area contributed by atoms with Gasteiger partial charge in [0.25, 0.3) is 11.6 Å². The first-order valence-corrected chi connectivity index (χ1v) is 7.91. The Bertz CT molecular complexity index is 883. The van der Waals surface area contributed by atoms with Gasteiger partial charge >= 0.3 is 0 Å². The molecule has 26 heavy (non-hydrogen) atoms. The van der Waals surface area contributed by atoms with Gasteiger partial charge in [-0.25, -0.2) is 0 Å². The first-order chi connectivity index (χ1) is 12.2. The van der Waals surface area contributed by atoms with Crippen molar-refractivity contribution in [1.82, 2.24) is 0 Å². The second-order valence-electron chi connectivity index (χ2n) is 5.68. The summed E-state index contributed by atoms with van der Waals surface area (Å²) in [5.41, 5.74) is 1.33. The standard InChI is InChI=1S/C17H17ClN4O4/c1-10(23)19-15-6-4-11(8-14(15)18)20-17(24)13-9-12(22(25)26)5-7-16(13)21(2)3/h4-9H,1-3H3,(H,19,23)(H,20,24). The van der Waals surface area contributed by atoms with Crippen LogP contribution in [-0.4, -0.2) is 30.8 Å². The summed E-state index contributed by atoms with van der Waals surface area (Å²) in [7, 11) is 3.47. The highest BCUT2D eigenvalue weighted by molar-refractivity contribution is 6.34. The molecule has 0 saturated carbocycles. The molecule has 0 atom stereocenters. The Kier molecular flexibility index (Phi) is 5.78. The van der Waals surface area contributed by atoms with Crippen LogP contribution in [0.3, 0.4) is 0 Å². The van der Waals surface area contributed by atoms with Crippen molar-refractivity contribution in [2.75, 3.05) is 29.6 Å². The zero-order valence-corrected chi connectivity index (χ0v) is 15.1. The lowest BCUT2D eigenvalue weighted by Gasteiger charge is -2.17. The normalized spacial score (nSPS) is 10.2. The number of amides is 2. The van der Waals surface area contributed by atoms with E-state index in [1.165, 1.54) is 31.2 Å². The highest BCUT2D eigenvalue weighted by Gasteiger charge is 2.18. The van der Waals surface area contributed by atoms with Gasteiger partial charge in [-0.2, -0.15) is 0 Å². The molecule has 0 spiro atoms. The van der Waals surface area contributed by atoms with E-state index in [1.54, 1.807) is 31.1 Å². The van der Waals surface area contributed by atoms with Gasteiger partial charge in [-0.05, 0) is 24.3 Å². The minimum Gasteiger partial charge on any atom is -0.377 e. The van der Waals surface area contributed by atoms with E-state index < -0.39 is 10.8 Å². The van der Waals surface area contributed by atoms with Crippen LogP contribution < -0.4 is 15.5 Å². The van der Waals surface area contributed by atoms with E-state index in [4.69, 9.17) is 11.6 Å². The van der Waals surface area contributed by atoms with Gasteiger partial charge in [0.05, 0.1) is 21.2 Å². The molecule has 2 N–H and O–H groups in total. The van der Waals surface area contributed by atoms with E-state index in [1.807, 2.05) is 0 Å². The van der Waals surface area contributed by atoms with E-state index in [-0.39, 0.29) is 22.2 Å². The second-order valence-corrected chi connectivity index (χ2v) is 6.09. The minimum absolute atomic E-state index is 0.159. The smallest absolute Gasteiger partial charge is 0.270 e. The number of hydrogen-bond donors (Lipinski definition) is 2. The summed E-state index contributed by atoms with van der Waals surface area (Å²) in [6.07, 6.45) is 0. The minimum atomic E-state index is -0.560. The number of anilines is 3. The molecule has 0 heterocycles. The largest absolute Gasteiger partial charge is 0.377 e. The predicted molar refractivity (Wildman–Crippen MR) is 101 cm³/mol. The molecule has 2 aromatic carbocycles. The number of hydrogen-bond acceptors (Lipinski definition) is 5. The fraction of sp³-hybridized carbons (Fsp3) is 0.176. The number of halogens is 1. The zero-order valence-electron chi connectivity index (χ0n) is 14.4. The van der Waals surface area contributed by atoms with Gasteiger partial charge in [-0.3, -0.25) is 19.7 Å². The van der Waals surface area contributed by atoms with Crippen LogP contribution in [0.25, 0.3) is 0 Å². The van der Waals surface area contributed by atoms with Crippen LogP contribution in [0.2, 0.25) is 5.02 Å². The highest BCUT2D eigenvalue weighted by Crippen LogP contribution is 2.28. The third-order valence-electron chi connectivity index (χ3n) is 3.46. The first-order valence-electron chi connectivity index (χ1n) is 7.53. The van der Waals surface area contributed by atoms with Gasteiger partial charge in [-0.15, -0.1) is 0 Å². The molecule has 0 unspecified atom stereocenters. The molecule has 0 bridgehead atoms. The van der Waals surface area contributed by atoms with Crippen molar-refractivity contribution in [3.05, 3.63) is 57.1 Å². The maximum absolute atomic E-state index is 12.6. The van der Waals surface area contributed by atoms with Gasteiger partial charge < -0.3 is 15.5 Å². The molecule has 9 heteroatoms. The first kappa shape index (κ1) is 19.2. The maximum Gasteiger partial charge on any atom is 0.270 e. The van der Waals surface area contributed by atoms with Gasteiger partial charge in [0.15, 0.2) is 0 Å². The molecule has 2 aromatic rings. The number of nitrogens with one attached hydrogen (secondary N) is 2. The molecular formula is C17H17ClN4O4. The highest BCUT2D eigenvalue weighted by atomic mass is 35.5. The predicted octanol–water partition coefficient (Wildman–Crippen LogP) is 3.52. The van der Waals surface area contributed by atoms with Gasteiger partial charge in [0, 0.05) is 44.5 Å². The van der Waals surface area contributed by atoms with E-state index in [0.717, 1.165) is 0 Å². The summed E-state index contributed by atoms with van der Waals surface area (Å²) in [6, 6.07) is 8.68. The second kappa shape index (κ2) is 7.83. The van der Waals surface area contributed by atoms with Crippen molar-refractivity contribution in [3.63, 3.8) is 0 Å². The van der Waals surface area contributed by atoms with E-state index in [2.05, 4.69) is 10.6 Å². The van der Waals surface area contributed by atoms with E-state index >= 15 is 0 Å². The summed E-state index contributed by atoms with van der Waals surface area (Å²) in [5.74, 6) is -0.781. The summed E-state index contributed by atoms with van der Waals surface area (Å²) in [6.45, 7) is 1.36. The molecule has 2 rings (SSSR count). The quantitative estimate of drug-likeness (QED) is 0.613. The van der Waals surface area contributed by atoms with Crippen LogP contribution in [0.4, 0.5) is 22.7 Å². The number of carbonyl (C=O) groups is 2. The van der Waals surface area contributed by atoms with E-state index in [0.29, 0.717) is 17.1 Å². The zero-order chi connectivity index (χ0) is 19.4. The van der Waals surface area contributed by atoms with Gasteiger partial charge in [-0.1, -0.05) is 11.6 Å². The number of nitrogens with zero attached hydrogens (tertiary/aromatic N) is 2. The molecule has 8 nitrogen and oxygen atoms in total. The molecule has 0 aliphatic heterocycles. The van der Waals surface area contributed by atoms with Crippen molar-refractivity contribution in [2.45, 2.75) is 6.92 Å². The summed E-state index contributed by atoms with van der Waals surface area (Å²) >= 11 is 6.09. The number of nitro groups is 1. The Hall–Kier alpha value is -3.13. The lowest BCUT2D eigenvalue weighted by molar-refractivity contribution is -0.384.